The van der Waals surface area contributed by atoms with Crippen LogP contribution in [0.3, 0.4) is 0 Å². The number of hydrogen-bond donors (Lipinski definition) is 1. The van der Waals surface area contributed by atoms with Gasteiger partial charge in [0.05, 0.1) is 0 Å². The van der Waals surface area contributed by atoms with Crippen molar-refractivity contribution in [2.75, 3.05) is 0 Å². The maximum Gasteiger partial charge on any atom is 0.295 e. The summed E-state index contributed by atoms with van der Waals surface area (Å²) in [7, 11) is -5.53. The highest BCUT2D eigenvalue weighted by atomic mass is 32.2. The fraction of sp³-hybridized carbons (Fsp3) is 0. The summed E-state index contributed by atoms with van der Waals surface area (Å²) < 4.78 is 34.1. The van der Waals surface area contributed by atoms with Gasteiger partial charge in [0.1, 0.15) is 4.90 Å². The number of benzene rings is 3. The lowest BCUT2D eigenvalue weighted by Crippen LogP contribution is -2.25. The van der Waals surface area contributed by atoms with Crippen molar-refractivity contribution in [2.24, 2.45) is 0 Å². The first-order valence-electron chi connectivity index (χ1n) is 8.60. The van der Waals surface area contributed by atoms with Crippen molar-refractivity contribution in [3.05, 3.63) is 96.4 Å². The number of hydrogen-bond acceptors (Lipinski definition) is 3. The Balaban J connectivity index is 2.02. The van der Waals surface area contributed by atoms with Crippen molar-refractivity contribution >= 4 is 45.3 Å². The Morgan fingerprint density at radius 3 is 2.04 bits per heavy atom. The monoisotopic (exact) mass is 424 g/mol. The fourth-order valence-electron chi connectivity index (χ4n) is 3.15. The van der Waals surface area contributed by atoms with Gasteiger partial charge in [-0.3, -0.25) is 4.55 Å². The smallest absolute Gasteiger partial charge is 0.282 e. The van der Waals surface area contributed by atoms with Crippen LogP contribution in [-0.2, 0) is 10.1 Å². The molecule has 1 aromatic heterocycles. The molecule has 140 valence electrons. The van der Waals surface area contributed by atoms with Crippen LogP contribution in [0.4, 0.5) is 0 Å². The molecule has 0 spiro atoms. The van der Waals surface area contributed by atoms with Gasteiger partial charge in [-0.05, 0) is 41.6 Å². The zero-order valence-electron chi connectivity index (χ0n) is 14.8. The zero-order valence-corrected chi connectivity index (χ0v) is 17.3. The van der Waals surface area contributed by atoms with Crippen LogP contribution < -0.4 is 15.9 Å². The van der Waals surface area contributed by atoms with Gasteiger partial charge >= 0.3 is 0 Å². The van der Waals surface area contributed by atoms with Crippen LogP contribution >= 0.6 is 19.3 Å². The summed E-state index contributed by atoms with van der Waals surface area (Å²) in [5.74, 6) is 0. The molecule has 0 fully saturated rings. The van der Waals surface area contributed by atoms with E-state index >= 15 is 0 Å². The van der Waals surface area contributed by atoms with Gasteiger partial charge in [-0.15, -0.1) is 11.3 Å². The SMILES string of the molecule is O=S(=O)(O)c1ccccc1P(c1ccccc1)c1ccccc1-c1cccs1. The molecule has 0 aliphatic rings. The van der Waals surface area contributed by atoms with E-state index in [0.717, 1.165) is 21.0 Å². The second-order valence-electron chi connectivity index (χ2n) is 6.11. The summed E-state index contributed by atoms with van der Waals surface area (Å²) in [5, 5.41) is 4.73. The first-order valence-corrected chi connectivity index (χ1v) is 12.3. The maximum atomic E-state index is 12.1. The summed E-state index contributed by atoms with van der Waals surface area (Å²) in [6.45, 7) is 0. The van der Waals surface area contributed by atoms with Crippen LogP contribution in [0.1, 0.15) is 0 Å². The van der Waals surface area contributed by atoms with Crippen molar-refractivity contribution in [2.45, 2.75) is 4.90 Å². The molecule has 4 rings (SSSR count). The molecule has 0 amide bonds. The highest BCUT2D eigenvalue weighted by Crippen LogP contribution is 2.39. The zero-order chi connectivity index (χ0) is 19.6. The van der Waals surface area contributed by atoms with Crippen molar-refractivity contribution in [1.82, 2.24) is 0 Å². The summed E-state index contributed by atoms with van der Waals surface area (Å²) in [5.41, 5.74) is 1.08. The van der Waals surface area contributed by atoms with E-state index in [-0.39, 0.29) is 4.90 Å². The fourth-order valence-corrected chi connectivity index (χ4v) is 7.69. The molecule has 3 aromatic carbocycles. The van der Waals surface area contributed by atoms with Crippen molar-refractivity contribution < 1.29 is 13.0 Å². The quantitative estimate of drug-likeness (QED) is 0.381. The molecule has 0 saturated carbocycles. The van der Waals surface area contributed by atoms with E-state index in [4.69, 9.17) is 0 Å². The normalized spacial score (nSPS) is 12.6. The van der Waals surface area contributed by atoms with Crippen LogP contribution in [0.25, 0.3) is 10.4 Å². The third-order valence-corrected chi connectivity index (χ3v) is 8.85. The van der Waals surface area contributed by atoms with Crippen LogP contribution in [0, 0.1) is 0 Å². The van der Waals surface area contributed by atoms with Crippen molar-refractivity contribution in [1.29, 1.82) is 0 Å². The predicted octanol–water partition coefficient (Wildman–Crippen LogP) is 4.42. The summed E-state index contributed by atoms with van der Waals surface area (Å²) in [4.78, 5) is 1.09. The molecule has 6 heteroatoms. The van der Waals surface area contributed by atoms with Gasteiger partial charge in [-0.1, -0.05) is 78.9 Å². The Kier molecular flexibility index (Phi) is 5.42. The maximum absolute atomic E-state index is 12.1. The minimum Gasteiger partial charge on any atom is -0.282 e. The van der Waals surface area contributed by atoms with Crippen LogP contribution in [-0.4, -0.2) is 13.0 Å². The Bertz CT molecular complexity index is 1190. The summed E-state index contributed by atoms with van der Waals surface area (Å²) in [6.07, 6.45) is 0. The van der Waals surface area contributed by atoms with E-state index in [2.05, 4.69) is 18.2 Å². The lowest BCUT2D eigenvalue weighted by Gasteiger charge is -2.23. The highest BCUT2D eigenvalue weighted by molar-refractivity contribution is 7.88. The van der Waals surface area contributed by atoms with E-state index in [1.165, 1.54) is 6.07 Å². The van der Waals surface area contributed by atoms with Crippen LogP contribution in [0.15, 0.2) is 101 Å². The molecule has 0 aliphatic heterocycles. The lowest BCUT2D eigenvalue weighted by molar-refractivity contribution is 0.484. The van der Waals surface area contributed by atoms with E-state index in [1.54, 1.807) is 23.5 Å². The molecule has 0 radical (unpaired) electrons. The van der Waals surface area contributed by atoms with Gasteiger partial charge in [-0.25, -0.2) is 0 Å². The van der Waals surface area contributed by atoms with Gasteiger partial charge in [0.2, 0.25) is 0 Å². The average Bonchev–Trinajstić information content (AvgIpc) is 3.24. The Hall–Kier alpha value is -2.30. The number of rotatable bonds is 5. The Morgan fingerprint density at radius 2 is 1.36 bits per heavy atom. The van der Waals surface area contributed by atoms with Gasteiger partial charge in [-0.2, -0.15) is 8.42 Å². The molecular formula is C22H17O3PS2. The number of thiophene rings is 1. The molecular weight excluding hydrogens is 407 g/mol. The van der Waals surface area contributed by atoms with Gasteiger partial charge in [0, 0.05) is 10.2 Å². The standard InChI is InChI=1S/C22H17O3PS2/c23-28(24,25)22-15-7-6-13-20(22)26(17-9-2-1-3-10-17)19-12-5-4-11-18(19)21-14-8-16-27-21/h1-16H,(H,23,24,25). The van der Waals surface area contributed by atoms with Gasteiger partial charge < -0.3 is 0 Å². The summed E-state index contributed by atoms with van der Waals surface area (Å²) in [6, 6.07) is 28.7. The van der Waals surface area contributed by atoms with E-state index in [1.807, 2.05) is 60.0 Å². The summed E-state index contributed by atoms with van der Waals surface area (Å²) >= 11 is 1.65. The molecule has 28 heavy (non-hydrogen) atoms. The Morgan fingerprint density at radius 1 is 0.714 bits per heavy atom. The second-order valence-corrected chi connectivity index (χ2v) is 10.6. The van der Waals surface area contributed by atoms with Gasteiger partial charge in [0.15, 0.2) is 0 Å². The third kappa shape index (κ3) is 3.80. The van der Waals surface area contributed by atoms with E-state index in [0.29, 0.717) is 5.30 Å². The molecule has 0 bridgehead atoms. The van der Waals surface area contributed by atoms with Crippen molar-refractivity contribution in [3.63, 3.8) is 0 Å². The predicted molar refractivity (Wildman–Crippen MR) is 118 cm³/mol. The highest BCUT2D eigenvalue weighted by Gasteiger charge is 2.26. The third-order valence-electron chi connectivity index (χ3n) is 4.33. The molecule has 4 aromatic rings. The molecule has 1 heterocycles. The minimum atomic E-state index is -4.34. The average molecular weight is 424 g/mol. The molecule has 1 unspecified atom stereocenters. The molecule has 3 nitrogen and oxygen atoms in total. The minimum absolute atomic E-state index is 0.0362. The molecule has 1 atom stereocenters. The second kappa shape index (κ2) is 7.98. The first kappa shape index (κ1) is 19.0. The topological polar surface area (TPSA) is 54.4 Å². The lowest BCUT2D eigenvalue weighted by atomic mass is 10.2. The van der Waals surface area contributed by atoms with Gasteiger partial charge in [0.25, 0.3) is 10.1 Å². The molecule has 0 saturated heterocycles. The largest absolute Gasteiger partial charge is 0.295 e. The Labute approximate surface area is 169 Å². The molecule has 0 aliphatic carbocycles. The first-order chi connectivity index (χ1) is 13.6. The van der Waals surface area contributed by atoms with Crippen LogP contribution in [0.5, 0.6) is 0 Å². The van der Waals surface area contributed by atoms with E-state index < -0.39 is 18.0 Å². The van der Waals surface area contributed by atoms with Crippen LogP contribution in [0.2, 0.25) is 0 Å². The van der Waals surface area contributed by atoms with E-state index in [9.17, 15) is 13.0 Å². The van der Waals surface area contributed by atoms with Crippen molar-refractivity contribution in [3.8, 4) is 10.4 Å². The molecule has 1 N–H and O–H groups in total.